The normalized spacial score (nSPS) is 10.6. The molecule has 0 saturated carbocycles. The number of rotatable bonds is 6. The van der Waals surface area contributed by atoms with E-state index in [4.69, 9.17) is 4.84 Å². The molecule has 2 heteroatoms. The minimum absolute atomic E-state index is 0.603. The maximum absolute atomic E-state index is 5.99. The van der Waals surface area contributed by atoms with Crippen molar-refractivity contribution in [2.24, 2.45) is 0 Å². The minimum atomic E-state index is 0.603. The number of aryl methyl sites for hydroxylation is 1. The molecule has 20 heavy (non-hydrogen) atoms. The Hall–Kier alpha value is -1.80. The fraction of sp³-hybridized carbons (Fsp3) is 0.333. The van der Waals surface area contributed by atoms with Gasteiger partial charge in [0.2, 0.25) is 0 Å². The van der Waals surface area contributed by atoms with Crippen LogP contribution in [0.3, 0.4) is 0 Å². The Labute approximate surface area is 122 Å². The van der Waals surface area contributed by atoms with Crippen molar-refractivity contribution in [3.05, 3.63) is 65.2 Å². The van der Waals surface area contributed by atoms with Crippen LogP contribution in [0.15, 0.2) is 48.5 Å². The average Bonchev–Trinajstić information content (AvgIpc) is 2.49. The summed E-state index contributed by atoms with van der Waals surface area (Å²) in [4.78, 5) is 5.99. The minimum Gasteiger partial charge on any atom is -0.269 e. The maximum Gasteiger partial charge on any atom is 0.0999 e. The van der Waals surface area contributed by atoms with Crippen molar-refractivity contribution >= 4 is 5.69 Å². The zero-order valence-electron chi connectivity index (χ0n) is 12.6. The number of hydroxylamine groups is 1. The van der Waals surface area contributed by atoms with E-state index in [0.29, 0.717) is 6.61 Å². The standard InChI is InChI=1S/C18H23NO/c1-4-17-15(3)10-9-13-18(17)19(5-2)20-14-16-11-7-6-8-12-16/h6-13H,4-5,14H2,1-3H3. The number of hydrogen-bond acceptors (Lipinski definition) is 2. The summed E-state index contributed by atoms with van der Waals surface area (Å²) in [5, 5.41) is 2.00. The molecule has 2 rings (SSSR count). The van der Waals surface area contributed by atoms with E-state index in [2.05, 4.69) is 51.1 Å². The van der Waals surface area contributed by atoms with E-state index in [1.807, 2.05) is 23.3 Å². The Bertz CT molecular complexity index is 536. The van der Waals surface area contributed by atoms with Crippen LogP contribution in [-0.4, -0.2) is 6.54 Å². The molecular formula is C18H23NO. The van der Waals surface area contributed by atoms with Gasteiger partial charge in [0.05, 0.1) is 12.3 Å². The van der Waals surface area contributed by atoms with E-state index in [9.17, 15) is 0 Å². The predicted molar refractivity (Wildman–Crippen MR) is 84.8 cm³/mol. The molecule has 0 radical (unpaired) electrons. The van der Waals surface area contributed by atoms with Crippen LogP contribution >= 0.6 is 0 Å². The van der Waals surface area contributed by atoms with E-state index in [0.717, 1.165) is 13.0 Å². The van der Waals surface area contributed by atoms with Gasteiger partial charge >= 0.3 is 0 Å². The lowest BCUT2D eigenvalue weighted by molar-refractivity contribution is 0.0968. The van der Waals surface area contributed by atoms with Crippen molar-refractivity contribution in [1.82, 2.24) is 0 Å². The van der Waals surface area contributed by atoms with Crippen LogP contribution in [0, 0.1) is 6.92 Å². The van der Waals surface area contributed by atoms with Gasteiger partial charge in [-0.05, 0) is 43.0 Å². The van der Waals surface area contributed by atoms with E-state index < -0.39 is 0 Å². The van der Waals surface area contributed by atoms with Crippen LogP contribution < -0.4 is 5.06 Å². The molecule has 0 aromatic heterocycles. The van der Waals surface area contributed by atoms with Crippen molar-refractivity contribution in [1.29, 1.82) is 0 Å². The van der Waals surface area contributed by atoms with Gasteiger partial charge in [-0.2, -0.15) is 0 Å². The molecule has 2 aromatic carbocycles. The van der Waals surface area contributed by atoms with Gasteiger partial charge in [0.15, 0.2) is 0 Å². The molecule has 0 spiro atoms. The highest BCUT2D eigenvalue weighted by molar-refractivity contribution is 5.55. The molecule has 0 heterocycles. The first-order valence-corrected chi connectivity index (χ1v) is 7.29. The summed E-state index contributed by atoms with van der Waals surface area (Å²) >= 11 is 0. The van der Waals surface area contributed by atoms with Crippen molar-refractivity contribution < 1.29 is 4.84 Å². The fourth-order valence-electron chi connectivity index (χ4n) is 2.44. The number of hydrogen-bond donors (Lipinski definition) is 0. The third kappa shape index (κ3) is 3.40. The zero-order valence-corrected chi connectivity index (χ0v) is 12.6. The molecule has 0 aliphatic rings. The zero-order chi connectivity index (χ0) is 14.4. The maximum atomic E-state index is 5.99. The first-order chi connectivity index (χ1) is 9.76. The molecule has 2 aromatic rings. The van der Waals surface area contributed by atoms with Crippen LogP contribution in [0.2, 0.25) is 0 Å². The number of nitrogens with zero attached hydrogens (tertiary/aromatic N) is 1. The summed E-state index contributed by atoms with van der Waals surface area (Å²) in [6, 6.07) is 16.7. The summed E-state index contributed by atoms with van der Waals surface area (Å²) in [6.07, 6.45) is 1.02. The Balaban J connectivity index is 2.14. The molecule has 0 amide bonds. The molecule has 0 bridgehead atoms. The predicted octanol–water partition coefficient (Wildman–Crippen LogP) is 4.52. The summed E-state index contributed by atoms with van der Waals surface area (Å²) < 4.78 is 0. The lowest BCUT2D eigenvalue weighted by atomic mass is 10.0. The molecule has 2 nitrogen and oxygen atoms in total. The molecule has 0 aliphatic heterocycles. The second-order valence-electron chi connectivity index (χ2n) is 4.88. The van der Waals surface area contributed by atoms with Gasteiger partial charge in [0.1, 0.15) is 0 Å². The Kier molecular flexibility index (Phi) is 5.19. The monoisotopic (exact) mass is 269 g/mol. The Morgan fingerprint density at radius 3 is 2.35 bits per heavy atom. The molecule has 0 atom stereocenters. The van der Waals surface area contributed by atoms with Gasteiger partial charge in [-0.15, -0.1) is 0 Å². The highest BCUT2D eigenvalue weighted by atomic mass is 16.7. The molecule has 0 N–H and O–H groups in total. The van der Waals surface area contributed by atoms with Gasteiger partial charge in [0, 0.05) is 6.54 Å². The second-order valence-corrected chi connectivity index (χ2v) is 4.88. The quantitative estimate of drug-likeness (QED) is 0.715. The van der Waals surface area contributed by atoms with Crippen molar-refractivity contribution in [3.63, 3.8) is 0 Å². The van der Waals surface area contributed by atoms with Gasteiger partial charge < -0.3 is 0 Å². The summed E-state index contributed by atoms with van der Waals surface area (Å²) in [5.74, 6) is 0. The van der Waals surface area contributed by atoms with Gasteiger partial charge in [-0.3, -0.25) is 9.90 Å². The summed E-state index contributed by atoms with van der Waals surface area (Å²) in [7, 11) is 0. The van der Waals surface area contributed by atoms with Gasteiger partial charge in [-0.25, -0.2) is 0 Å². The van der Waals surface area contributed by atoms with E-state index in [1.165, 1.54) is 22.4 Å². The smallest absolute Gasteiger partial charge is 0.0999 e. The van der Waals surface area contributed by atoms with Crippen LogP contribution in [0.25, 0.3) is 0 Å². The lowest BCUT2D eigenvalue weighted by Crippen LogP contribution is -2.24. The Morgan fingerprint density at radius 2 is 1.70 bits per heavy atom. The van der Waals surface area contributed by atoms with Crippen molar-refractivity contribution in [3.8, 4) is 0 Å². The first kappa shape index (κ1) is 14.6. The van der Waals surface area contributed by atoms with Crippen LogP contribution in [0.4, 0.5) is 5.69 Å². The molecule has 0 fully saturated rings. The third-order valence-corrected chi connectivity index (χ3v) is 3.52. The SMILES string of the molecule is CCc1c(C)cccc1N(CC)OCc1ccccc1. The highest BCUT2D eigenvalue weighted by Gasteiger charge is 2.11. The highest BCUT2D eigenvalue weighted by Crippen LogP contribution is 2.25. The van der Waals surface area contributed by atoms with E-state index >= 15 is 0 Å². The topological polar surface area (TPSA) is 12.5 Å². The summed E-state index contributed by atoms with van der Waals surface area (Å²) in [5.41, 5.74) is 5.07. The largest absolute Gasteiger partial charge is 0.269 e. The number of anilines is 1. The lowest BCUT2D eigenvalue weighted by Gasteiger charge is -2.25. The molecule has 0 aliphatic carbocycles. The van der Waals surface area contributed by atoms with Crippen LogP contribution in [0.5, 0.6) is 0 Å². The van der Waals surface area contributed by atoms with E-state index in [1.54, 1.807) is 0 Å². The van der Waals surface area contributed by atoms with Crippen LogP contribution in [-0.2, 0) is 17.9 Å². The molecule has 0 saturated heterocycles. The van der Waals surface area contributed by atoms with Crippen LogP contribution in [0.1, 0.15) is 30.5 Å². The van der Waals surface area contributed by atoms with Crippen molar-refractivity contribution in [2.45, 2.75) is 33.8 Å². The molecular weight excluding hydrogens is 246 g/mol. The first-order valence-electron chi connectivity index (χ1n) is 7.29. The fourth-order valence-corrected chi connectivity index (χ4v) is 2.44. The molecule has 106 valence electrons. The third-order valence-electron chi connectivity index (χ3n) is 3.52. The van der Waals surface area contributed by atoms with Gasteiger partial charge in [-0.1, -0.05) is 49.4 Å². The number of benzene rings is 2. The average molecular weight is 269 g/mol. The second kappa shape index (κ2) is 7.11. The molecule has 0 unspecified atom stereocenters. The van der Waals surface area contributed by atoms with E-state index in [-0.39, 0.29) is 0 Å². The van der Waals surface area contributed by atoms with Gasteiger partial charge in [0.25, 0.3) is 0 Å². The summed E-state index contributed by atoms with van der Waals surface area (Å²) in [6.45, 7) is 7.91. The Morgan fingerprint density at radius 1 is 0.950 bits per heavy atom. The van der Waals surface area contributed by atoms with Crippen molar-refractivity contribution in [2.75, 3.05) is 11.6 Å².